The van der Waals surface area contributed by atoms with E-state index in [0.29, 0.717) is 11.1 Å². The molecular formula is C16H14O6S. The first-order chi connectivity index (χ1) is 10.8. The molecule has 0 aliphatic rings. The first-order valence-corrected chi connectivity index (χ1v) is 8.44. The number of hydrogen-bond acceptors (Lipinski definition) is 4. The summed E-state index contributed by atoms with van der Waals surface area (Å²) in [6.45, 7) is 0. The Balaban J connectivity index is 2.09. The summed E-state index contributed by atoms with van der Waals surface area (Å²) in [4.78, 5) is 21.5. The highest BCUT2D eigenvalue weighted by atomic mass is 32.2. The molecular weight excluding hydrogens is 320 g/mol. The Hall–Kier alpha value is -2.67. The van der Waals surface area contributed by atoms with Crippen LogP contribution in [-0.2, 0) is 21.3 Å². The van der Waals surface area contributed by atoms with Crippen molar-refractivity contribution in [3.05, 3.63) is 70.8 Å². The fraction of sp³-hybridized carbons (Fsp3) is 0.125. The lowest BCUT2D eigenvalue weighted by Crippen LogP contribution is -2.08. The van der Waals surface area contributed by atoms with Crippen LogP contribution in [0.1, 0.15) is 31.8 Å². The van der Waals surface area contributed by atoms with Crippen LogP contribution in [0.2, 0.25) is 0 Å². The number of hydrogen-bond donors (Lipinski definition) is 2. The van der Waals surface area contributed by atoms with Crippen LogP contribution in [0, 0.1) is 0 Å². The second-order valence-corrected chi connectivity index (χ2v) is 7.10. The normalized spacial score (nSPS) is 11.1. The first-order valence-electron chi connectivity index (χ1n) is 6.62. The summed E-state index contributed by atoms with van der Waals surface area (Å²) < 4.78 is 24.3. The lowest BCUT2D eigenvalue weighted by atomic mass is 10.1. The number of carbonyl (C=O) groups is 2. The SMILES string of the molecule is O=C(O)c1ccc(CS(=O)(=O)Cc2ccc(C(=O)O)cc2)cc1. The van der Waals surface area contributed by atoms with Gasteiger partial charge in [0.05, 0.1) is 22.6 Å². The molecule has 2 aromatic rings. The first kappa shape index (κ1) is 16.7. The van der Waals surface area contributed by atoms with Crippen molar-refractivity contribution in [3.63, 3.8) is 0 Å². The molecule has 23 heavy (non-hydrogen) atoms. The second-order valence-electron chi connectivity index (χ2n) is 5.04. The van der Waals surface area contributed by atoms with Crippen LogP contribution in [0.25, 0.3) is 0 Å². The Morgan fingerprint density at radius 1 is 0.696 bits per heavy atom. The minimum Gasteiger partial charge on any atom is -0.478 e. The van der Waals surface area contributed by atoms with Gasteiger partial charge < -0.3 is 10.2 Å². The third-order valence-corrected chi connectivity index (χ3v) is 4.72. The van der Waals surface area contributed by atoms with E-state index in [-0.39, 0.29) is 22.6 Å². The Labute approximate surface area is 132 Å². The zero-order chi connectivity index (χ0) is 17.0. The minimum absolute atomic E-state index is 0.0930. The van der Waals surface area contributed by atoms with Crippen LogP contribution in [0.5, 0.6) is 0 Å². The molecule has 7 heteroatoms. The molecule has 120 valence electrons. The molecule has 0 saturated heterocycles. The topological polar surface area (TPSA) is 109 Å². The Morgan fingerprint density at radius 3 is 1.26 bits per heavy atom. The van der Waals surface area contributed by atoms with Gasteiger partial charge in [0, 0.05) is 0 Å². The summed E-state index contributed by atoms with van der Waals surface area (Å²) in [6.07, 6.45) is 0. The highest BCUT2D eigenvalue weighted by Gasteiger charge is 2.14. The number of aromatic carboxylic acids is 2. The summed E-state index contributed by atoms with van der Waals surface area (Å²) >= 11 is 0. The van der Waals surface area contributed by atoms with E-state index >= 15 is 0 Å². The number of rotatable bonds is 6. The molecule has 2 N–H and O–H groups in total. The summed E-state index contributed by atoms with van der Waals surface area (Å²) in [6, 6.07) is 11.3. The largest absolute Gasteiger partial charge is 0.478 e. The lowest BCUT2D eigenvalue weighted by molar-refractivity contribution is 0.0686. The van der Waals surface area contributed by atoms with Gasteiger partial charge in [0.15, 0.2) is 9.84 Å². The maximum atomic E-state index is 12.2. The molecule has 0 bridgehead atoms. The van der Waals surface area contributed by atoms with Gasteiger partial charge in [-0.15, -0.1) is 0 Å². The molecule has 0 spiro atoms. The van der Waals surface area contributed by atoms with E-state index < -0.39 is 21.8 Å². The zero-order valence-electron chi connectivity index (χ0n) is 12.0. The fourth-order valence-electron chi connectivity index (χ4n) is 2.05. The van der Waals surface area contributed by atoms with Gasteiger partial charge in [0.25, 0.3) is 0 Å². The number of benzene rings is 2. The summed E-state index contributed by atoms with van der Waals surface area (Å²) in [5.74, 6) is -2.57. The monoisotopic (exact) mass is 334 g/mol. The molecule has 2 rings (SSSR count). The van der Waals surface area contributed by atoms with Crippen molar-refractivity contribution in [2.45, 2.75) is 11.5 Å². The molecule has 0 aromatic heterocycles. The van der Waals surface area contributed by atoms with Gasteiger partial charge in [-0.1, -0.05) is 24.3 Å². The van der Waals surface area contributed by atoms with E-state index in [1.54, 1.807) is 0 Å². The van der Waals surface area contributed by atoms with Crippen molar-refractivity contribution in [2.75, 3.05) is 0 Å². The number of sulfone groups is 1. The van der Waals surface area contributed by atoms with E-state index in [0.717, 1.165) is 0 Å². The van der Waals surface area contributed by atoms with E-state index in [4.69, 9.17) is 10.2 Å². The highest BCUT2D eigenvalue weighted by molar-refractivity contribution is 7.89. The van der Waals surface area contributed by atoms with Gasteiger partial charge in [-0.25, -0.2) is 18.0 Å². The van der Waals surface area contributed by atoms with Gasteiger partial charge in [0.1, 0.15) is 0 Å². The second kappa shape index (κ2) is 6.62. The zero-order valence-corrected chi connectivity index (χ0v) is 12.8. The molecule has 2 aromatic carbocycles. The molecule has 0 aliphatic carbocycles. The molecule has 0 fully saturated rings. The molecule has 0 saturated carbocycles. The Bertz CT molecular complexity index is 754. The maximum Gasteiger partial charge on any atom is 0.335 e. The maximum absolute atomic E-state index is 12.2. The number of carboxylic acid groups (broad SMARTS) is 2. The van der Waals surface area contributed by atoms with Gasteiger partial charge in [-0.05, 0) is 35.4 Å². The van der Waals surface area contributed by atoms with Crippen LogP contribution >= 0.6 is 0 Å². The predicted molar refractivity (Wildman–Crippen MR) is 83.1 cm³/mol. The van der Waals surface area contributed by atoms with Crippen LogP contribution in [0.3, 0.4) is 0 Å². The van der Waals surface area contributed by atoms with Crippen LogP contribution in [-0.4, -0.2) is 30.6 Å². The number of carboxylic acids is 2. The predicted octanol–water partition coefficient (Wildman–Crippen LogP) is 2.20. The summed E-state index contributed by atoms with van der Waals surface area (Å²) in [5.41, 5.74) is 1.18. The van der Waals surface area contributed by atoms with Crippen molar-refractivity contribution in [2.24, 2.45) is 0 Å². The third-order valence-electron chi connectivity index (χ3n) is 3.17. The smallest absolute Gasteiger partial charge is 0.335 e. The van der Waals surface area contributed by atoms with Gasteiger partial charge in [-0.3, -0.25) is 0 Å². The van der Waals surface area contributed by atoms with Crippen LogP contribution in [0.4, 0.5) is 0 Å². The fourth-order valence-corrected chi connectivity index (χ4v) is 3.55. The molecule has 0 atom stereocenters. The molecule has 6 nitrogen and oxygen atoms in total. The average molecular weight is 334 g/mol. The van der Waals surface area contributed by atoms with Crippen molar-refractivity contribution in [1.29, 1.82) is 0 Å². The highest BCUT2D eigenvalue weighted by Crippen LogP contribution is 2.14. The molecule has 0 radical (unpaired) electrons. The van der Waals surface area contributed by atoms with Gasteiger partial charge >= 0.3 is 11.9 Å². The quantitative estimate of drug-likeness (QED) is 0.838. The Kier molecular flexibility index (Phi) is 4.80. The van der Waals surface area contributed by atoms with Crippen molar-refractivity contribution < 1.29 is 28.2 Å². The lowest BCUT2D eigenvalue weighted by Gasteiger charge is -2.06. The van der Waals surface area contributed by atoms with E-state index in [2.05, 4.69) is 0 Å². The standard InChI is InChI=1S/C16H14O6S/c17-15(18)13-5-1-11(2-6-13)9-23(21,22)10-12-3-7-14(8-4-12)16(19)20/h1-8H,9-10H2,(H,17,18)(H,19,20). The average Bonchev–Trinajstić information content (AvgIpc) is 2.47. The summed E-state index contributed by atoms with van der Waals surface area (Å²) in [5, 5.41) is 17.6. The van der Waals surface area contributed by atoms with Gasteiger partial charge in [-0.2, -0.15) is 0 Å². The summed E-state index contributed by atoms with van der Waals surface area (Å²) in [7, 11) is -3.45. The minimum atomic E-state index is -3.45. The molecule has 0 aliphatic heterocycles. The van der Waals surface area contributed by atoms with Crippen LogP contribution in [0.15, 0.2) is 48.5 Å². The van der Waals surface area contributed by atoms with E-state index in [1.807, 2.05) is 0 Å². The van der Waals surface area contributed by atoms with E-state index in [9.17, 15) is 18.0 Å². The molecule has 0 amide bonds. The van der Waals surface area contributed by atoms with Crippen molar-refractivity contribution in [1.82, 2.24) is 0 Å². The molecule has 0 heterocycles. The van der Waals surface area contributed by atoms with Gasteiger partial charge in [0.2, 0.25) is 0 Å². The van der Waals surface area contributed by atoms with Crippen molar-refractivity contribution >= 4 is 21.8 Å². The van der Waals surface area contributed by atoms with Crippen LogP contribution < -0.4 is 0 Å². The van der Waals surface area contributed by atoms with E-state index in [1.165, 1.54) is 48.5 Å². The Morgan fingerprint density at radius 2 is 1.00 bits per heavy atom. The third kappa shape index (κ3) is 4.65. The van der Waals surface area contributed by atoms with Crippen molar-refractivity contribution in [3.8, 4) is 0 Å². The molecule has 0 unspecified atom stereocenters.